The van der Waals surface area contributed by atoms with Crippen molar-refractivity contribution in [1.82, 2.24) is 4.67 Å². The van der Waals surface area contributed by atoms with E-state index in [0.717, 1.165) is 50.3 Å². The molecule has 1 fully saturated rings. The van der Waals surface area contributed by atoms with Gasteiger partial charge in [0.25, 0.3) is 8.53 Å². The minimum Gasteiger partial charge on any atom is -0.497 e. The third kappa shape index (κ3) is 9.03. The highest BCUT2D eigenvalue weighted by atomic mass is 31.2. The fraction of sp³-hybridized carbons (Fsp3) is 0.370. The van der Waals surface area contributed by atoms with Gasteiger partial charge in [0.1, 0.15) is 29.0 Å². The van der Waals surface area contributed by atoms with Crippen LogP contribution in [0.15, 0.2) is 115 Å². The average molecular weight is 777 g/mol. The van der Waals surface area contributed by atoms with E-state index in [2.05, 4.69) is 74.8 Å². The number of rotatable bonds is 18. The zero-order valence-electron chi connectivity index (χ0n) is 33.4. The van der Waals surface area contributed by atoms with Gasteiger partial charge in [-0.1, -0.05) is 78.9 Å². The quantitative estimate of drug-likeness (QED) is 0.0490. The summed E-state index contributed by atoms with van der Waals surface area (Å²) in [4.78, 5) is 0. The van der Waals surface area contributed by atoms with Crippen LogP contribution in [0.4, 0.5) is 0 Å². The van der Waals surface area contributed by atoms with Crippen LogP contribution in [-0.2, 0) is 24.1 Å². The van der Waals surface area contributed by atoms with E-state index >= 15 is 0 Å². The minimum atomic E-state index is -1.57. The van der Waals surface area contributed by atoms with E-state index in [-0.39, 0.29) is 37.8 Å². The Morgan fingerprint density at radius 3 is 1.84 bits per heavy atom. The fourth-order valence-electron chi connectivity index (χ4n) is 7.53. The highest BCUT2D eigenvalue weighted by molar-refractivity contribution is 7.44. The SMILES string of the molecule is COc1ccc(C(OCC2OC(c3cc4ccccc4cc3OC)CC2OP(OCCC#N)N(C(C)C)C(C)C)(c2ccccc2)c2ccc(OC)cc2)cc1. The first-order valence-electron chi connectivity index (χ1n) is 19.2. The van der Waals surface area contributed by atoms with Gasteiger partial charge in [0, 0.05) is 24.1 Å². The van der Waals surface area contributed by atoms with E-state index in [1.54, 1.807) is 21.3 Å². The molecule has 5 aromatic rings. The maximum absolute atomic E-state index is 9.39. The van der Waals surface area contributed by atoms with E-state index in [0.29, 0.717) is 6.42 Å². The number of hydrogen-bond acceptors (Lipinski definition) is 9. The standard InChI is InChI=1S/C46H53N2O7P/c1-32(2)48(33(3)4)56(53-27-13-26-47)55-44-30-43(41-28-34-14-11-12-15-35(34)29-42(41)51-7)54-45(44)31-52-46(36-16-9-8-10-17-36,37-18-22-39(49-5)23-19-37)38-20-24-40(50-6)25-21-38/h8-12,14-25,28-29,32-33,43-45H,13,27,30-31H2,1-7H3. The monoisotopic (exact) mass is 776 g/mol. The second-order valence-corrected chi connectivity index (χ2v) is 15.8. The second-order valence-electron chi connectivity index (χ2n) is 14.3. The molecule has 1 aliphatic heterocycles. The van der Waals surface area contributed by atoms with Gasteiger partial charge in [-0.3, -0.25) is 0 Å². The van der Waals surface area contributed by atoms with Crippen molar-refractivity contribution in [2.45, 2.75) is 76.5 Å². The average Bonchev–Trinajstić information content (AvgIpc) is 3.63. The van der Waals surface area contributed by atoms with Gasteiger partial charge in [0.05, 0.1) is 59.2 Å². The molecule has 1 aliphatic rings. The molecule has 0 amide bonds. The third-order valence-electron chi connectivity index (χ3n) is 10.2. The van der Waals surface area contributed by atoms with Gasteiger partial charge in [-0.15, -0.1) is 0 Å². The summed E-state index contributed by atoms with van der Waals surface area (Å²) in [5.74, 6) is 2.24. The summed E-state index contributed by atoms with van der Waals surface area (Å²) < 4.78 is 47.3. The highest BCUT2D eigenvalue weighted by Gasteiger charge is 2.45. The second kappa shape index (κ2) is 19.1. The Hall–Kier alpha value is -4.52. The topological polar surface area (TPSA) is 91.6 Å². The Bertz CT molecular complexity index is 1980. The van der Waals surface area contributed by atoms with Crippen LogP contribution in [0.2, 0.25) is 0 Å². The Morgan fingerprint density at radius 2 is 1.30 bits per heavy atom. The van der Waals surface area contributed by atoms with E-state index in [4.69, 9.17) is 32.7 Å². The Balaban J connectivity index is 1.44. The van der Waals surface area contributed by atoms with Crippen LogP contribution in [0.25, 0.3) is 10.8 Å². The number of hydrogen-bond donors (Lipinski definition) is 0. The predicted molar refractivity (Wildman–Crippen MR) is 221 cm³/mol. The van der Waals surface area contributed by atoms with Crippen molar-refractivity contribution in [1.29, 1.82) is 5.26 Å². The van der Waals surface area contributed by atoms with Crippen molar-refractivity contribution in [3.8, 4) is 23.3 Å². The summed E-state index contributed by atoms with van der Waals surface area (Å²) in [5, 5.41) is 11.6. The van der Waals surface area contributed by atoms with Crippen LogP contribution in [-0.4, -0.2) is 63.5 Å². The summed E-state index contributed by atoms with van der Waals surface area (Å²) in [6.45, 7) is 8.99. The first-order valence-corrected chi connectivity index (χ1v) is 20.3. The Kier molecular flexibility index (Phi) is 14.0. The third-order valence-corrected chi connectivity index (χ3v) is 12.3. The smallest absolute Gasteiger partial charge is 0.259 e. The largest absolute Gasteiger partial charge is 0.497 e. The van der Waals surface area contributed by atoms with Crippen LogP contribution in [0.1, 0.15) is 68.9 Å². The maximum Gasteiger partial charge on any atom is 0.259 e. The molecule has 0 N–H and O–H groups in total. The molecule has 5 aromatic carbocycles. The molecule has 10 heteroatoms. The van der Waals surface area contributed by atoms with Crippen molar-refractivity contribution < 1.29 is 32.7 Å². The van der Waals surface area contributed by atoms with E-state index < -0.39 is 26.3 Å². The van der Waals surface area contributed by atoms with Crippen LogP contribution < -0.4 is 14.2 Å². The van der Waals surface area contributed by atoms with Gasteiger partial charge >= 0.3 is 0 Å². The normalized spacial score (nSPS) is 17.7. The molecule has 9 nitrogen and oxygen atoms in total. The van der Waals surface area contributed by atoms with Gasteiger partial charge in [0.15, 0.2) is 0 Å². The molecule has 6 rings (SSSR count). The highest BCUT2D eigenvalue weighted by Crippen LogP contribution is 2.52. The van der Waals surface area contributed by atoms with E-state index in [1.165, 1.54) is 0 Å². The maximum atomic E-state index is 9.39. The molecule has 0 saturated carbocycles. The number of methoxy groups -OCH3 is 3. The van der Waals surface area contributed by atoms with Crippen molar-refractivity contribution in [2.24, 2.45) is 0 Å². The molecule has 0 aliphatic carbocycles. The van der Waals surface area contributed by atoms with Crippen molar-refractivity contribution in [3.63, 3.8) is 0 Å². The summed E-state index contributed by atoms with van der Waals surface area (Å²) in [7, 11) is 3.45. The molecular formula is C46H53N2O7P. The first-order chi connectivity index (χ1) is 27.2. The number of ether oxygens (including phenoxy) is 5. The van der Waals surface area contributed by atoms with Crippen LogP contribution in [0.5, 0.6) is 17.2 Å². The van der Waals surface area contributed by atoms with Gasteiger partial charge in [0.2, 0.25) is 0 Å². The molecule has 294 valence electrons. The summed E-state index contributed by atoms with van der Waals surface area (Å²) in [6.07, 6.45) is -0.494. The van der Waals surface area contributed by atoms with Crippen molar-refractivity contribution >= 4 is 19.3 Å². The zero-order valence-corrected chi connectivity index (χ0v) is 34.3. The first kappa shape index (κ1) is 41.1. The number of nitrogens with zero attached hydrogens (tertiary/aromatic N) is 2. The molecule has 1 heterocycles. The summed E-state index contributed by atoms with van der Waals surface area (Å²) in [6, 6.07) is 41.2. The van der Waals surface area contributed by atoms with E-state index in [9.17, 15) is 5.26 Å². The predicted octanol–water partition coefficient (Wildman–Crippen LogP) is 10.4. The molecular weight excluding hydrogens is 723 g/mol. The lowest BCUT2D eigenvalue weighted by atomic mass is 9.80. The van der Waals surface area contributed by atoms with Crippen molar-refractivity contribution in [2.75, 3.05) is 34.5 Å². The number of fused-ring (bicyclic) bond motifs is 1. The Labute approximate surface area is 333 Å². The molecule has 56 heavy (non-hydrogen) atoms. The molecule has 0 bridgehead atoms. The van der Waals surface area contributed by atoms with Crippen molar-refractivity contribution in [3.05, 3.63) is 138 Å². The summed E-state index contributed by atoms with van der Waals surface area (Å²) >= 11 is 0. The lowest BCUT2D eigenvalue weighted by molar-refractivity contribution is -0.0808. The lowest BCUT2D eigenvalue weighted by Gasteiger charge is -2.39. The van der Waals surface area contributed by atoms with Gasteiger partial charge < -0.3 is 32.7 Å². The van der Waals surface area contributed by atoms with E-state index in [1.807, 2.05) is 78.9 Å². The lowest BCUT2D eigenvalue weighted by Crippen LogP contribution is -2.39. The molecule has 4 unspecified atom stereocenters. The van der Waals surface area contributed by atoms with Gasteiger partial charge in [-0.2, -0.15) is 5.26 Å². The molecule has 0 radical (unpaired) electrons. The molecule has 0 aromatic heterocycles. The fourth-order valence-corrected chi connectivity index (χ4v) is 9.29. The Morgan fingerprint density at radius 1 is 0.750 bits per heavy atom. The molecule has 4 atom stereocenters. The number of nitriles is 1. The number of benzene rings is 5. The van der Waals surface area contributed by atoms with Crippen LogP contribution in [0, 0.1) is 11.3 Å². The van der Waals surface area contributed by atoms with Crippen LogP contribution >= 0.6 is 8.53 Å². The van der Waals surface area contributed by atoms with Gasteiger partial charge in [-0.25, -0.2) is 4.67 Å². The summed E-state index contributed by atoms with van der Waals surface area (Å²) in [5.41, 5.74) is 2.69. The van der Waals surface area contributed by atoms with Crippen LogP contribution in [0.3, 0.4) is 0 Å². The zero-order chi connectivity index (χ0) is 39.7. The van der Waals surface area contributed by atoms with Gasteiger partial charge in [-0.05, 0) is 91.6 Å². The minimum absolute atomic E-state index is 0.132. The molecule has 1 saturated heterocycles. The molecule has 0 spiro atoms.